The van der Waals surface area contributed by atoms with Crippen LogP contribution in [0, 0.1) is 11.3 Å². The largest absolute Gasteiger partial charge is 0.312 e. The van der Waals surface area contributed by atoms with Gasteiger partial charge in [0.05, 0.1) is 12.5 Å². The first kappa shape index (κ1) is 14.4. The summed E-state index contributed by atoms with van der Waals surface area (Å²) < 4.78 is 27.3. The van der Waals surface area contributed by atoms with Crippen molar-refractivity contribution in [2.45, 2.75) is 32.4 Å². The first-order valence-electron chi connectivity index (χ1n) is 5.73. The Morgan fingerprint density at radius 3 is 2.82 bits per heavy atom. The van der Waals surface area contributed by atoms with Gasteiger partial charge in [-0.2, -0.15) is 22.3 Å². The van der Waals surface area contributed by atoms with E-state index in [4.69, 9.17) is 5.26 Å². The van der Waals surface area contributed by atoms with Crippen LogP contribution in [0.2, 0.25) is 0 Å². The first-order chi connectivity index (χ1) is 7.89. The van der Waals surface area contributed by atoms with Crippen LogP contribution in [0.5, 0.6) is 0 Å². The lowest BCUT2D eigenvalue weighted by atomic mass is 10.3. The predicted octanol–water partition coefficient (Wildman–Crippen LogP) is -0.241. The fraction of sp³-hybridized carbons (Fsp3) is 0.900. The highest BCUT2D eigenvalue weighted by Crippen LogP contribution is 2.14. The van der Waals surface area contributed by atoms with Crippen LogP contribution in [0.1, 0.15) is 20.3 Å². The third-order valence-electron chi connectivity index (χ3n) is 3.03. The van der Waals surface area contributed by atoms with Crippen LogP contribution in [0.3, 0.4) is 0 Å². The van der Waals surface area contributed by atoms with Crippen LogP contribution < -0.4 is 5.32 Å². The standard InChI is InChI=1S/C10H20N4O2S/c1-9-8-14(7-6-12-9)17(15,16)13(3)10(2)4-5-11/h9-10,12H,4,6-8H2,1-3H3/t9-,10+/m1/s1. The molecule has 98 valence electrons. The monoisotopic (exact) mass is 260 g/mol. The van der Waals surface area contributed by atoms with Crippen molar-refractivity contribution in [3.8, 4) is 6.07 Å². The number of hydrogen-bond acceptors (Lipinski definition) is 4. The summed E-state index contributed by atoms with van der Waals surface area (Å²) in [5, 5.41) is 11.8. The number of nitrogens with one attached hydrogen (secondary N) is 1. The molecule has 1 fully saturated rings. The lowest BCUT2D eigenvalue weighted by molar-refractivity contribution is 0.276. The molecular weight excluding hydrogens is 240 g/mol. The second-order valence-corrected chi connectivity index (χ2v) is 6.44. The SMILES string of the molecule is C[C@@H]1CN(S(=O)(=O)N(C)[C@@H](C)CC#N)CCN1. The molecule has 1 N–H and O–H groups in total. The van der Waals surface area contributed by atoms with E-state index in [-0.39, 0.29) is 18.5 Å². The normalized spacial score (nSPS) is 24.5. The zero-order valence-corrected chi connectivity index (χ0v) is 11.4. The molecule has 0 unspecified atom stereocenters. The van der Waals surface area contributed by atoms with E-state index in [9.17, 15) is 8.42 Å². The lowest BCUT2D eigenvalue weighted by Crippen LogP contribution is -2.55. The Labute approximate surface area is 103 Å². The molecule has 0 bridgehead atoms. The van der Waals surface area contributed by atoms with Crippen LogP contribution in [0.4, 0.5) is 0 Å². The molecule has 0 aromatic rings. The molecule has 0 saturated carbocycles. The van der Waals surface area contributed by atoms with Crippen molar-refractivity contribution in [1.82, 2.24) is 13.9 Å². The van der Waals surface area contributed by atoms with Crippen LogP contribution in [-0.4, -0.2) is 55.8 Å². The molecule has 0 amide bonds. The maximum atomic E-state index is 12.3. The first-order valence-corrected chi connectivity index (χ1v) is 7.12. The van der Waals surface area contributed by atoms with E-state index in [1.54, 1.807) is 6.92 Å². The Bertz CT molecular complexity index is 390. The van der Waals surface area contributed by atoms with Crippen molar-refractivity contribution in [3.63, 3.8) is 0 Å². The summed E-state index contributed by atoms with van der Waals surface area (Å²) in [6.45, 7) is 5.33. The summed E-state index contributed by atoms with van der Waals surface area (Å²) >= 11 is 0. The topological polar surface area (TPSA) is 76.4 Å². The van der Waals surface area contributed by atoms with Gasteiger partial charge in [0.1, 0.15) is 0 Å². The van der Waals surface area contributed by atoms with E-state index >= 15 is 0 Å². The van der Waals surface area contributed by atoms with Gasteiger partial charge in [-0.25, -0.2) is 0 Å². The van der Waals surface area contributed by atoms with Gasteiger partial charge in [-0.05, 0) is 13.8 Å². The zero-order chi connectivity index (χ0) is 13.1. The number of hydrogen-bond donors (Lipinski definition) is 1. The average Bonchev–Trinajstić information content (AvgIpc) is 2.28. The van der Waals surface area contributed by atoms with Crippen molar-refractivity contribution >= 4 is 10.2 Å². The second kappa shape index (κ2) is 5.78. The summed E-state index contributed by atoms with van der Waals surface area (Å²) in [4.78, 5) is 0. The van der Waals surface area contributed by atoms with Crippen molar-refractivity contribution in [3.05, 3.63) is 0 Å². The molecule has 1 aliphatic rings. The van der Waals surface area contributed by atoms with Gasteiger partial charge in [-0.3, -0.25) is 0 Å². The maximum Gasteiger partial charge on any atom is 0.282 e. The average molecular weight is 260 g/mol. The molecule has 6 nitrogen and oxygen atoms in total. The second-order valence-electron chi connectivity index (χ2n) is 4.45. The number of rotatable bonds is 4. The highest BCUT2D eigenvalue weighted by atomic mass is 32.2. The summed E-state index contributed by atoms with van der Waals surface area (Å²) in [6.07, 6.45) is 0.206. The van der Waals surface area contributed by atoms with Crippen molar-refractivity contribution in [2.24, 2.45) is 0 Å². The molecule has 0 aromatic carbocycles. The molecule has 0 aliphatic carbocycles. The van der Waals surface area contributed by atoms with E-state index < -0.39 is 10.2 Å². The van der Waals surface area contributed by atoms with Gasteiger partial charge in [-0.1, -0.05) is 0 Å². The van der Waals surface area contributed by atoms with E-state index in [1.807, 2.05) is 13.0 Å². The minimum absolute atomic E-state index is 0.165. The van der Waals surface area contributed by atoms with Gasteiger partial charge in [0.25, 0.3) is 10.2 Å². The summed E-state index contributed by atoms with van der Waals surface area (Å²) in [7, 11) is -1.91. The lowest BCUT2D eigenvalue weighted by Gasteiger charge is -2.35. The van der Waals surface area contributed by atoms with E-state index in [1.165, 1.54) is 15.7 Å². The van der Waals surface area contributed by atoms with Crippen molar-refractivity contribution < 1.29 is 8.42 Å². The van der Waals surface area contributed by atoms with Crippen molar-refractivity contribution in [2.75, 3.05) is 26.7 Å². The Balaban J connectivity index is 2.76. The molecule has 7 heteroatoms. The number of nitrogens with zero attached hydrogens (tertiary/aromatic N) is 3. The molecule has 1 aliphatic heterocycles. The number of piperazine rings is 1. The van der Waals surface area contributed by atoms with Crippen LogP contribution in [0.15, 0.2) is 0 Å². The fourth-order valence-electron chi connectivity index (χ4n) is 1.78. The highest BCUT2D eigenvalue weighted by molar-refractivity contribution is 7.86. The van der Waals surface area contributed by atoms with Crippen LogP contribution >= 0.6 is 0 Å². The van der Waals surface area contributed by atoms with E-state index in [0.717, 1.165) is 0 Å². The third kappa shape index (κ3) is 3.39. The minimum atomic E-state index is -3.44. The quantitative estimate of drug-likeness (QED) is 0.757. The summed E-state index contributed by atoms with van der Waals surface area (Å²) in [5.74, 6) is 0. The van der Waals surface area contributed by atoms with Crippen LogP contribution in [-0.2, 0) is 10.2 Å². The third-order valence-corrected chi connectivity index (χ3v) is 5.10. The molecule has 1 heterocycles. The van der Waals surface area contributed by atoms with Gasteiger partial charge in [0.15, 0.2) is 0 Å². The molecule has 2 atom stereocenters. The Kier molecular flexibility index (Phi) is 4.89. The van der Waals surface area contributed by atoms with Crippen LogP contribution in [0.25, 0.3) is 0 Å². The molecule has 1 rings (SSSR count). The van der Waals surface area contributed by atoms with Crippen molar-refractivity contribution in [1.29, 1.82) is 5.26 Å². The predicted molar refractivity (Wildman–Crippen MR) is 65.4 cm³/mol. The van der Waals surface area contributed by atoms with E-state index in [0.29, 0.717) is 19.6 Å². The van der Waals surface area contributed by atoms with Gasteiger partial charge >= 0.3 is 0 Å². The summed E-state index contributed by atoms with van der Waals surface area (Å²) in [6, 6.07) is 1.86. The Morgan fingerprint density at radius 1 is 1.65 bits per heavy atom. The maximum absolute atomic E-state index is 12.3. The molecule has 17 heavy (non-hydrogen) atoms. The molecule has 0 aromatic heterocycles. The smallest absolute Gasteiger partial charge is 0.282 e. The summed E-state index contributed by atoms with van der Waals surface area (Å²) in [5.41, 5.74) is 0. The number of nitriles is 1. The Hall–Kier alpha value is -0.680. The minimum Gasteiger partial charge on any atom is -0.312 e. The van der Waals surface area contributed by atoms with Gasteiger partial charge in [0, 0.05) is 38.8 Å². The fourth-order valence-corrected chi connectivity index (χ4v) is 3.40. The van der Waals surface area contributed by atoms with Gasteiger partial charge < -0.3 is 5.32 Å². The van der Waals surface area contributed by atoms with E-state index in [2.05, 4.69) is 5.32 Å². The molecule has 1 saturated heterocycles. The molecule has 0 spiro atoms. The molecular formula is C10H20N4O2S. The highest BCUT2D eigenvalue weighted by Gasteiger charge is 2.32. The molecule has 0 radical (unpaired) electrons. The zero-order valence-electron chi connectivity index (χ0n) is 10.5. The van der Waals surface area contributed by atoms with Gasteiger partial charge in [0.2, 0.25) is 0 Å². The van der Waals surface area contributed by atoms with Gasteiger partial charge in [-0.15, -0.1) is 0 Å². The Morgan fingerprint density at radius 2 is 2.29 bits per heavy atom.